The van der Waals surface area contributed by atoms with Crippen LogP contribution >= 0.6 is 0 Å². The van der Waals surface area contributed by atoms with Gasteiger partial charge in [0, 0.05) is 44.5 Å². The lowest BCUT2D eigenvalue weighted by atomic mass is 10.00. The highest BCUT2D eigenvalue weighted by atomic mass is 16.2. The number of hydrogen-bond donors (Lipinski definition) is 0. The molecule has 1 aromatic heterocycles. The minimum absolute atomic E-state index is 0.350. The van der Waals surface area contributed by atoms with Crippen molar-refractivity contribution in [3.63, 3.8) is 0 Å². The molecule has 0 spiro atoms. The number of amides is 1. The first-order valence-corrected chi connectivity index (χ1v) is 8.13. The van der Waals surface area contributed by atoms with Gasteiger partial charge in [-0.1, -0.05) is 6.92 Å². The Morgan fingerprint density at radius 1 is 1.14 bits per heavy atom. The van der Waals surface area contributed by atoms with Crippen LogP contribution in [0.3, 0.4) is 0 Å². The zero-order chi connectivity index (χ0) is 14.7. The van der Waals surface area contributed by atoms with E-state index in [4.69, 9.17) is 0 Å². The molecule has 2 saturated heterocycles. The minimum Gasteiger partial charge on any atom is -0.341 e. The van der Waals surface area contributed by atoms with Crippen molar-refractivity contribution < 1.29 is 4.79 Å². The second-order valence-electron chi connectivity index (χ2n) is 6.01. The highest BCUT2D eigenvalue weighted by Crippen LogP contribution is 2.23. The molecule has 0 aliphatic carbocycles. The fourth-order valence-electron chi connectivity index (χ4n) is 3.28. The Morgan fingerprint density at radius 3 is 2.48 bits per heavy atom. The first-order valence-electron chi connectivity index (χ1n) is 8.13. The smallest absolute Gasteiger partial charge is 0.225 e. The van der Waals surface area contributed by atoms with E-state index >= 15 is 0 Å². The van der Waals surface area contributed by atoms with Gasteiger partial charge in [-0.3, -0.25) is 4.79 Å². The van der Waals surface area contributed by atoms with Crippen LogP contribution < -0.4 is 4.90 Å². The lowest BCUT2D eigenvalue weighted by Crippen LogP contribution is -2.49. The number of anilines is 1. The molecular weight excluding hydrogens is 264 g/mol. The van der Waals surface area contributed by atoms with Crippen molar-refractivity contribution in [3.8, 4) is 0 Å². The minimum atomic E-state index is 0.350. The molecule has 5 heteroatoms. The number of hydrogen-bond acceptors (Lipinski definition) is 4. The van der Waals surface area contributed by atoms with E-state index in [1.807, 2.05) is 12.4 Å². The van der Waals surface area contributed by atoms with E-state index in [1.165, 1.54) is 5.56 Å². The number of aromatic nitrogens is 2. The summed E-state index contributed by atoms with van der Waals surface area (Å²) in [6, 6.07) is 0.420. The van der Waals surface area contributed by atoms with Crippen molar-refractivity contribution in [2.75, 3.05) is 24.5 Å². The van der Waals surface area contributed by atoms with Crippen LogP contribution in [0.2, 0.25) is 0 Å². The van der Waals surface area contributed by atoms with Crippen LogP contribution in [0.15, 0.2) is 12.4 Å². The Balaban J connectivity index is 1.57. The maximum Gasteiger partial charge on any atom is 0.225 e. The lowest BCUT2D eigenvalue weighted by Gasteiger charge is -2.40. The predicted molar refractivity (Wildman–Crippen MR) is 82.2 cm³/mol. The van der Waals surface area contributed by atoms with Crippen LogP contribution in [0, 0.1) is 0 Å². The first-order chi connectivity index (χ1) is 10.3. The summed E-state index contributed by atoms with van der Waals surface area (Å²) in [7, 11) is 0. The number of nitrogens with zero attached hydrogens (tertiary/aromatic N) is 4. The fourth-order valence-corrected chi connectivity index (χ4v) is 3.28. The topological polar surface area (TPSA) is 49.3 Å². The average Bonchev–Trinajstić information content (AvgIpc) is 2.56. The van der Waals surface area contributed by atoms with Crippen LogP contribution in [0.25, 0.3) is 0 Å². The number of rotatable bonds is 3. The molecule has 2 aliphatic heterocycles. The van der Waals surface area contributed by atoms with Crippen LogP contribution in [0.4, 0.5) is 5.95 Å². The van der Waals surface area contributed by atoms with Gasteiger partial charge in [-0.05, 0) is 37.7 Å². The summed E-state index contributed by atoms with van der Waals surface area (Å²) < 4.78 is 0. The van der Waals surface area contributed by atoms with Crippen LogP contribution in [0.5, 0.6) is 0 Å². The van der Waals surface area contributed by atoms with Crippen molar-refractivity contribution >= 4 is 11.9 Å². The molecule has 1 aromatic rings. The fraction of sp³-hybridized carbons (Fsp3) is 0.688. The molecule has 0 bridgehead atoms. The predicted octanol–water partition coefficient (Wildman–Crippen LogP) is 2.02. The van der Waals surface area contributed by atoms with E-state index in [9.17, 15) is 4.79 Å². The summed E-state index contributed by atoms with van der Waals surface area (Å²) in [6.07, 6.45) is 9.83. The van der Waals surface area contributed by atoms with Gasteiger partial charge in [0.15, 0.2) is 0 Å². The highest BCUT2D eigenvalue weighted by Gasteiger charge is 2.29. The van der Waals surface area contributed by atoms with Crippen molar-refractivity contribution in [1.29, 1.82) is 0 Å². The van der Waals surface area contributed by atoms with Crippen LogP contribution in [0.1, 0.15) is 44.6 Å². The monoisotopic (exact) mass is 288 g/mol. The molecule has 1 amide bonds. The normalized spacial score (nSPS) is 20.9. The molecule has 0 N–H and O–H groups in total. The number of carbonyl (C=O) groups excluding carboxylic acids is 1. The molecule has 3 heterocycles. The summed E-state index contributed by atoms with van der Waals surface area (Å²) in [5.41, 5.74) is 1.17. The number of piperidine rings is 2. The largest absolute Gasteiger partial charge is 0.341 e. The van der Waals surface area contributed by atoms with Crippen LogP contribution in [-0.2, 0) is 11.2 Å². The maximum atomic E-state index is 12.0. The summed E-state index contributed by atoms with van der Waals surface area (Å²) in [5, 5.41) is 0. The van der Waals surface area contributed by atoms with Gasteiger partial charge in [0.2, 0.25) is 11.9 Å². The lowest BCUT2D eigenvalue weighted by molar-refractivity contribution is -0.136. The quantitative estimate of drug-likeness (QED) is 0.854. The van der Waals surface area contributed by atoms with E-state index in [-0.39, 0.29) is 0 Å². The van der Waals surface area contributed by atoms with Gasteiger partial charge >= 0.3 is 0 Å². The molecule has 2 fully saturated rings. The number of aryl methyl sites for hydroxylation is 1. The van der Waals surface area contributed by atoms with Crippen molar-refractivity contribution in [2.24, 2.45) is 0 Å². The average molecular weight is 288 g/mol. The molecule has 0 atom stereocenters. The van der Waals surface area contributed by atoms with E-state index in [2.05, 4.69) is 26.7 Å². The summed E-state index contributed by atoms with van der Waals surface area (Å²) >= 11 is 0. The molecule has 0 aromatic carbocycles. The Kier molecular flexibility index (Phi) is 4.36. The number of carbonyl (C=O) groups is 1. The third-order valence-corrected chi connectivity index (χ3v) is 4.65. The molecule has 2 aliphatic rings. The van der Waals surface area contributed by atoms with E-state index in [1.54, 1.807) is 0 Å². The van der Waals surface area contributed by atoms with Gasteiger partial charge in [0.1, 0.15) is 0 Å². The third kappa shape index (κ3) is 3.17. The van der Waals surface area contributed by atoms with Gasteiger partial charge in [-0.15, -0.1) is 0 Å². The SMILES string of the molecule is CCc1cnc(N2CCC(N3CCCCC3=O)CC2)nc1. The zero-order valence-corrected chi connectivity index (χ0v) is 12.8. The molecule has 0 saturated carbocycles. The van der Waals surface area contributed by atoms with E-state index in [0.717, 1.165) is 64.1 Å². The Labute approximate surface area is 126 Å². The maximum absolute atomic E-state index is 12.0. The van der Waals surface area contributed by atoms with E-state index < -0.39 is 0 Å². The number of likely N-dealkylation sites (tertiary alicyclic amines) is 1. The molecule has 3 rings (SSSR count). The Bertz CT molecular complexity index is 480. The molecular formula is C16H24N4O. The summed E-state index contributed by atoms with van der Waals surface area (Å²) in [6.45, 7) is 4.95. The van der Waals surface area contributed by atoms with Gasteiger partial charge in [0.05, 0.1) is 0 Å². The summed E-state index contributed by atoms with van der Waals surface area (Å²) in [5.74, 6) is 1.18. The van der Waals surface area contributed by atoms with Gasteiger partial charge in [-0.25, -0.2) is 9.97 Å². The van der Waals surface area contributed by atoms with Crippen molar-refractivity contribution in [2.45, 2.75) is 51.5 Å². The van der Waals surface area contributed by atoms with Gasteiger partial charge in [0.25, 0.3) is 0 Å². The first kappa shape index (κ1) is 14.3. The Morgan fingerprint density at radius 2 is 1.86 bits per heavy atom. The van der Waals surface area contributed by atoms with Gasteiger partial charge in [-0.2, -0.15) is 0 Å². The van der Waals surface area contributed by atoms with Crippen molar-refractivity contribution in [3.05, 3.63) is 18.0 Å². The molecule has 21 heavy (non-hydrogen) atoms. The summed E-state index contributed by atoms with van der Waals surface area (Å²) in [4.78, 5) is 25.3. The van der Waals surface area contributed by atoms with E-state index in [0.29, 0.717) is 11.9 Å². The third-order valence-electron chi connectivity index (χ3n) is 4.65. The van der Waals surface area contributed by atoms with Gasteiger partial charge < -0.3 is 9.80 Å². The second-order valence-corrected chi connectivity index (χ2v) is 6.01. The zero-order valence-electron chi connectivity index (χ0n) is 12.8. The molecule has 0 radical (unpaired) electrons. The molecule has 114 valence electrons. The standard InChI is InChI=1S/C16H24N4O/c1-2-13-11-17-16(18-12-13)19-9-6-14(7-10-19)20-8-4-3-5-15(20)21/h11-12,14H,2-10H2,1H3. The molecule has 0 unspecified atom stereocenters. The van der Waals surface area contributed by atoms with Crippen molar-refractivity contribution in [1.82, 2.24) is 14.9 Å². The highest BCUT2D eigenvalue weighted by molar-refractivity contribution is 5.77. The Hall–Kier alpha value is -1.65. The van der Waals surface area contributed by atoms with Crippen LogP contribution in [-0.4, -0.2) is 46.5 Å². The molecule has 5 nitrogen and oxygen atoms in total. The second kappa shape index (κ2) is 6.41.